The van der Waals surface area contributed by atoms with E-state index in [0.717, 1.165) is 69.1 Å². The van der Waals surface area contributed by atoms with Crippen molar-refractivity contribution in [2.75, 3.05) is 51.6 Å². The Morgan fingerprint density at radius 3 is 2.68 bits per heavy atom. The molecular formula is C23H33FN6O3S. The van der Waals surface area contributed by atoms with E-state index in [1.807, 2.05) is 0 Å². The van der Waals surface area contributed by atoms with Gasteiger partial charge in [0.15, 0.2) is 0 Å². The fourth-order valence-corrected chi connectivity index (χ4v) is 4.39. The molecule has 1 fully saturated rings. The first-order valence-electron chi connectivity index (χ1n) is 11.5. The van der Waals surface area contributed by atoms with E-state index >= 15 is 0 Å². The smallest absolute Gasteiger partial charge is 0.319 e. The van der Waals surface area contributed by atoms with Gasteiger partial charge in [0, 0.05) is 38.3 Å². The number of aryl methyl sites for hydroxylation is 1. The third kappa shape index (κ3) is 7.64. The van der Waals surface area contributed by atoms with Crippen LogP contribution in [0.25, 0.3) is 0 Å². The summed E-state index contributed by atoms with van der Waals surface area (Å²) in [7, 11) is 2.15. The van der Waals surface area contributed by atoms with Crippen LogP contribution in [0.4, 0.5) is 14.2 Å². The molecule has 34 heavy (non-hydrogen) atoms. The average Bonchev–Trinajstić information content (AvgIpc) is 3.19. The number of nitrogens with two attached hydrogens (primary N) is 1. The van der Waals surface area contributed by atoms with Gasteiger partial charge in [0.05, 0.1) is 0 Å². The van der Waals surface area contributed by atoms with E-state index in [2.05, 4.69) is 31.9 Å². The predicted molar refractivity (Wildman–Crippen MR) is 131 cm³/mol. The molecule has 2 aromatic rings. The van der Waals surface area contributed by atoms with Gasteiger partial charge in [-0.05, 0) is 56.5 Å². The largest absolute Gasteiger partial charge is 0.471 e. The zero-order valence-electron chi connectivity index (χ0n) is 19.7. The maximum absolute atomic E-state index is 14.0. The second kappa shape index (κ2) is 12.6. The highest BCUT2D eigenvalue weighted by Crippen LogP contribution is 2.31. The molecule has 3 rings (SSSR count). The van der Waals surface area contributed by atoms with Crippen molar-refractivity contribution in [3.05, 3.63) is 40.7 Å². The predicted octanol–water partition coefficient (Wildman–Crippen LogP) is 2.81. The van der Waals surface area contributed by atoms with Crippen LogP contribution in [0.3, 0.4) is 0 Å². The van der Waals surface area contributed by atoms with Crippen LogP contribution in [-0.2, 0) is 6.61 Å². The van der Waals surface area contributed by atoms with E-state index in [1.165, 1.54) is 6.07 Å². The number of nitrogens with zero attached hydrogens (tertiary/aromatic N) is 3. The van der Waals surface area contributed by atoms with Gasteiger partial charge in [-0.25, -0.2) is 9.18 Å². The van der Waals surface area contributed by atoms with Crippen molar-refractivity contribution in [1.29, 1.82) is 0 Å². The van der Waals surface area contributed by atoms with Crippen LogP contribution in [0.5, 0.6) is 5.88 Å². The molecule has 0 radical (unpaired) electrons. The number of ether oxygens (including phenoxy) is 1. The Hall–Kier alpha value is -2.76. The number of nitrogens with one attached hydrogen (secondary N) is 2. The molecule has 2 heterocycles. The number of benzene rings is 1. The lowest BCUT2D eigenvalue weighted by Gasteiger charge is -2.32. The number of unbranched alkanes of at least 4 members (excludes halogenated alkanes) is 2. The highest BCUT2D eigenvalue weighted by molar-refractivity contribution is 7.11. The van der Waals surface area contributed by atoms with Gasteiger partial charge in [0.2, 0.25) is 5.88 Å². The molecule has 3 amide bonds. The van der Waals surface area contributed by atoms with Crippen molar-refractivity contribution in [2.45, 2.75) is 32.8 Å². The molecule has 0 unspecified atom stereocenters. The Morgan fingerprint density at radius 1 is 1.21 bits per heavy atom. The van der Waals surface area contributed by atoms with Gasteiger partial charge in [0.1, 0.15) is 23.0 Å². The van der Waals surface area contributed by atoms with E-state index in [9.17, 15) is 14.0 Å². The van der Waals surface area contributed by atoms with Gasteiger partial charge in [-0.15, -0.1) is 0 Å². The van der Waals surface area contributed by atoms with Gasteiger partial charge in [-0.1, -0.05) is 18.6 Å². The first kappa shape index (κ1) is 25.9. The van der Waals surface area contributed by atoms with Crippen LogP contribution < -0.4 is 21.1 Å². The summed E-state index contributed by atoms with van der Waals surface area (Å²) >= 11 is 0.887. The average molecular weight is 493 g/mol. The number of urea groups is 1. The number of carbonyl (C=O) groups is 2. The number of primary amides is 1. The number of amides is 3. The number of anilines is 1. The second-order valence-corrected chi connectivity index (χ2v) is 9.30. The zero-order chi connectivity index (χ0) is 24.5. The molecule has 1 aromatic heterocycles. The Balaban J connectivity index is 1.41. The Kier molecular flexibility index (Phi) is 9.61. The maximum Gasteiger partial charge on any atom is 0.319 e. The summed E-state index contributed by atoms with van der Waals surface area (Å²) < 4.78 is 23.6. The molecule has 0 saturated carbocycles. The standard InChI is InChI=1S/C23H33FN6O3S/c1-16-6-7-17(18(24)14-16)15-33-21-19(20(25)31)22(34-28-21)27-23(32)26-8-4-3-5-9-30-12-10-29(2)11-13-30/h6-7,14H,3-5,8-13,15H2,1-2H3,(H2,25,31)(H2,26,27,32). The number of hydrogen-bond donors (Lipinski definition) is 3. The minimum atomic E-state index is -0.785. The lowest BCUT2D eigenvalue weighted by atomic mass is 10.1. The lowest BCUT2D eigenvalue weighted by Crippen LogP contribution is -2.44. The van der Waals surface area contributed by atoms with E-state index in [-0.39, 0.29) is 23.1 Å². The number of aromatic nitrogens is 1. The SMILES string of the molecule is Cc1ccc(COc2nsc(NC(=O)NCCCCCN3CCN(C)CC3)c2C(N)=O)c(F)c1. The number of piperazine rings is 1. The van der Waals surface area contributed by atoms with Crippen LogP contribution in [0, 0.1) is 12.7 Å². The molecule has 9 nitrogen and oxygen atoms in total. The fraction of sp³-hybridized carbons (Fsp3) is 0.522. The summed E-state index contributed by atoms with van der Waals surface area (Å²) in [5, 5.41) is 5.60. The van der Waals surface area contributed by atoms with Crippen LogP contribution in [0.15, 0.2) is 18.2 Å². The van der Waals surface area contributed by atoms with E-state index < -0.39 is 17.8 Å². The minimum Gasteiger partial charge on any atom is -0.471 e. The maximum atomic E-state index is 14.0. The minimum absolute atomic E-state index is 0.0279. The monoisotopic (exact) mass is 492 g/mol. The Bertz CT molecular complexity index is 978. The molecular weight excluding hydrogens is 459 g/mol. The first-order valence-corrected chi connectivity index (χ1v) is 12.2. The number of carbonyl (C=O) groups excluding carboxylic acids is 2. The summed E-state index contributed by atoms with van der Waals surface area (Å²) in [6, 6.07) is 4.33. The number of rotatable bonds is 11. The summed E-state index contributed by atoms with van der Waals surface area (Å²) in [5.74, 6) is -1.22. The van der Waals surface area contributed by atoms with Crippen molar-refractivity contribution in [2.24, 2.45) is 5.73 Å². The lowest BCUT2D eigenvalue weighted by molar-refractivity contribution is 0.0996. The molecule has 0 aliphatic carbocycles. The first-order chi connectivity index (χ1) is 16.3. The van der Waals surface area contributed by atoms with Crippen molar-refractivity contribution >= 4 is 28.5 Å². The van der Waals surface area contributed by atoms with Gasteiger partial charge in [-0.3, -0.25) is 10.1 Å². The number of halogens is 1. The quantitative estimate of drug-likeness (QED) is 0.416. The summed E-state index contributed by atoms with van der Waals surface area (Å²) in [4.78, 5) is 29.0. The molecule has 11 heteroatoms. The molecule has 1 saturated heterocycles. The molecule has 0 spiro atoms. The summed E-state index contributed by atoms with van der Waals surface area (Å²) in [6.45, 7) is 7.73. The second-order valence-electron chi connectivity index (χ2n) is 8.53. The van der Waals surface area contributed by atoms with Crippen LogP contribution in [-0.4, -0.2) is 72.4 Å². The van der Waals surface area contributed by atoms with Crippen molar-refractivity contribution in [1.82, 2.24) is 19.5 Å². The molecule has 186 valence electrons. The van der Waals surface area contributed by atoms with Gasteiger partial charge in [-0.2, -0.15) is 4.37 Å². The van der Waals surface area contributed by atoms with Crippen molar-refractivity contribution in [3.63, 3.8) is 0 Å². The third-order valence-corrected chi connectivity index (χ3v) is 6.49. The van der Waals surface area contributed by atoms with Crippen molar-refractivity contribution in [3.8, 4) is 5.88 Å². The van der Waals surface area contributed by atoms with Gasteiger partial charge >= 0.3 is 6.03 Å². The van der Waals surface area contributed by atoms with Crippen LogP contribution >= 0.6 is 11.5 Å². The van der Waals surface area contributed by atoms with Crippen LogP contribution in [0.1, 0.15) is 40.7 Å². The number of likely N-dealkylation sites (N-methyl/N-ethyl adjacent to an activating group) is 1. The molecule has 4 N–H and O–H groups in total. The molecule has 1 aliphatic heterocycles. The summed E-state index contributed by atoms with van der Waals surface area (Å²) in [6.07, 6.45) is 2.98. The van der Waals surface area contributed by atoms with Crippen LogP contribution in [0.2, 0.25) is 0 Å². The Morgan fingerprint density at radius 2 is 1.97 bits per heavy atom. The van der Waals surface area contributed by atoms with Gasteiger partial charge < -0.3 is 25.6 Å². The third-order valence-electron chi connectivity index (χ3n) is 5.74. The van der Waals surface area contributed by atoms with Crippen molar-refractivity contribution < 1.29 is 18.7 Å². The highest BCUT2D eigenvalue weighted by Gasteiger charge is 2.22. The Labute approximate surface area is 203 Å². The van der Waals surface area contributed by atoms with E-state index in [4.69, 9.17) is 10.5 Å². The van der Waals surface area contributed by atoms with E-state index in [1.54, 1.807) is 19.1 Å². The zero-order valence-corrected chi connectivity index (χ0v) is 20.5. The van der Waals surface area contributed by atoms with Gasteiger partial charge in [0.25, 0.3) is 5.91 Å². The fourth-order valence-electron chi connectivity index (χ4n) is 3.65. The molecule has 1 aliphatic rings. The molecule has 0 atom stereocenters. The van der Waals surface area contributed by atoms with E-state index in [0.29, 0.717) is 12.1 Å². The molecule has 0 bridgehead atoms. The number of hydrogen-bond acceptors (Lipinski definition) is 7. The topological polar surface area (TPSA) is 113 Å². The highest BCUT2D eigenvalue weighted by atomic mass is 32.1. The normalized spacial score (nSPS) is 14.7. The summed E-state index contributed by atoms with van der Waals surface area (Å²) in [5.41, 5.74) is 6.57. The molecule has 1 aromatic carbocycles.